The number of hydrogen-bond acceptors (Lipinski definition) is 2. The molecule has 2 heterocycles. The normalized spacial score (nSPS) is 11.8. The molecule has 1 aromatic carbocycles. The summed E-state index contributed by atoms with van der Waals surface area (Å²) in [5, 5.41) is 0. The third-order valence-electron chi connectivity index (χ3n) is 3.13. The second kappa shape index (κ2) is 4.73. The number of alkyl halides is 3. The smallest absolute Gasteiger partial charge is 0.299 e. The summed E-state index contributed by atoms with van der Waals surface area (Å²) < 4.78 is 39.9. The molecular formula is C15H9F3N2O. The van der Waals surface area contributed by atoms with Crippen molar-refractivity contribution < 1.29 is 18.0 Å². The molecule has 0 unspecified atom stereocenters. The van der Waals surface area contributed by atoms with Gasteiger partial charge in [0, 0.05) is 17.3 Å². The molecule has 0 atom stereocenters. The number of nitrogens with zero attached hydrogens (tertiary/aromatic N) is 2. The molecule has 2 aromatic heterocycles. The molecule has 0 saturated carbocycles. The van der Waals surface area contributed by atoms with Gasteiger partial charge in [-0.05, 0) is 24.3 Å². The van der Waals surface area contributed by atoms with Crippen molar-refractivity contribution >= 4 is 11.8 Å². The number of hydrogen-bond donors (Lipinski definition) is 0. The summed E-state index contributed by atoms with van der Waals surface area (Å²) in [5.41, 5.74) is 0.734. The summed E-state index contributed by atoms with van der Waals surface area (Å²) in [4.78, 5) is 15.0. The van der Waals surface area contributed by atoms with Gasteiger partial charge in [-0.15, -0.1) is 0 Å². The van der Waals surface area contributed by atoms with E-state index in [2.05, 4.69) is 4.98 Å². The van der Waals surface area contributed by atoms with Crippen LogP contribution >= 0.6 is 0 Å². The van der Waals surface area contributed by atoms with Crippen LogP contribution in [0.25, 0.3) is 16.9 Å². The minimum atomic E-state index is -4.41. The molecule has 0 radical (unpaired) electrons. The van der Waals surface area contributed by atoms with Gasteiger partial charge in [0.15, 0.2) is 6.29 Å². The van der Waals surface area contributed by atoms with E-state index in [-0.39, 0.29) is 0 Å². The van der Waals surface area contributed by atoms with E-state index in [0.29, 0.717) is 28.8 Å². The molecule has 3 aromatic rings. The van der Waals surface area contributed by atoms with Crippen molar-refractivity contribution in [3.05, 3.63) is 59.9 Å². The second-order valence-electron chi connectivity index (χ2n) is 4.54. The van der Waals surface area contributed by atoms with Crippen molar-refractivity contribution in [2.45, 2.75) is 6.18 Å². The highest BCUT2D eigenvalue weighted by molar-refractivity contribution is 5.76. The zero-order valence-electron chi connectivity index (χ0n) is 10.6. The predicted molar refractivity (Wildman–Crippen MR) is 71.0 cm³/mol. The second-order valence-corrected chi connectivity index (χ2v) is 4.54. The molecular weight excluding hydrogens is 281 g/mol. The van der Waals surface area contributed by atoms with Gasteiger partial charge in [-0.2, -0.15) is 13.2 Å². The molecule has 106 valence electrons. The van der Waals surface area contributed by atoms with E-state index >= 15 is 0 Å². The number of pyridine rings is 1. The molecule has 0 bridgehead atoms. The Morgan fingerprint density at radius 3 is 2.67 bits per heavy atom. The van der Waals surface area contributed by atoms with Crippen molar-refractivity contribution in [2.75, 3.05) is 0 Å². The third-order valence-corrected chi connectivity index (χ3v) is 3.13. The molecule has 3 nitrogen and oxygen atoms in total. The van der Waals surface area contributed by atoms with Crippen molar-refractivity contribution in [2.24, 2.45) is 0 Å². The Morgan fingerprint density at radius 1 is 1.14 bits per heavy atom. The first-order valence-corrected chi connectivity index (χ1v) is 6.09. The maximum absolute atomic E-state index is 12.8. The van der Waals surface area contributed by atoms with Crippen LogP contribution in [0.15, 0.2) is 48.8 Å². The van der Waals surface area contributed by atoms with E-state index < -0.39 is 11.7 Å². The van der Waals surface area contributed by atoms with Crippen molar-refractivity contribution in [1.29, 1.82) is 0 Å². The highest BCUT2D eigenvalue weighted by Gasteiger charge is 2.30. The highest BCUT2D eigenvalue weighted by Crippen LogP contribution is 2.32. The van der Waals surface area contributed by atoms with E-state index in [0.717, 1.165) is 12.1 Å². The summed E-state index contributed by atoms with van der Waals surface area (Å²) in [7, 11) is 0. The Labute approximate surface area is 117 Å². The van der Waals surface area contributed by atoms with Crippen LogP contribution in [0.2, 0.25) is 0 Å². The van der Waals surface area contributed by atoms with Gasteiger partial charge in [0.1, 0.15) is 5.82 Å². The number of carbonyl (C=O) groups excluding carboxylic acids is 1. The highest BCUT2D eigenvalue weighted by atomic mass is 19.4. The molecule has 0 fully saturated rings. The fourth-order valence-electron chi connectivity index (χ4n) is 2.12. The number of fused-ring (bicyclic) bond motifs is 1. The Kier molecular flexibility index (Phi) is 3.01. The Balaban J connectivity index is 2.18. The number of carbonyl (C=O) groups is 1. The lowest BCUT2D eigenvalue weighted by molar-refractivity contribution is -0.137. The first kappa shape index (κ1) is 13.4. The average molecular weight is 290 g/mol. The minimum Gasteiger partial charge on any atom is -0.299 e. The molecule has 0 aliphatic carbocycles. The molecule has 0 saturated heterocycles. The molecule has 0 spiro atoms. The molecule has 6 heteroatoms. The topological polar surface area (TPSA) is 34.4 Å². The van der Waals surface area contributed by atoms with Crippen LogP contribution in [0.1, 0.15) is 15.9 Å². The van der Waals surface area contributed by atoms with E-state index in [4.69, 9.17) is 0 Å². The largest absolute Gasteiger partial charge is 0.416 e. The van der Waals surface area contributed by atoms with Gasteiger partial charge in [0.05, 0.1) is 17.3 Å². The SMILES string of the molecule is O=Cc1ccc2cnc(-c3cccc(C(F)(F)F)c3)n2c1. The third kappa shape index (κ3) is 2.40. The maximum Gasteiger partial charge on any atom is 0.416 e. The number of aldehydes is 1. The molecule has 0 aliphatic rings. The summed E-state index contributed by atoms with van der Waals surface area (Å²) in [6.07, 6.45) is -0.637. The number of halogens is 3. The van der Waals surface area contributed by atoms with Gasteiger partial charge >= 0.3 is 6.18 Å². The maximum atomic E-state index is 12.8. The first-order chi connectivity index (χ1) is 9.99. The Bertz CT molecular complexity index is 821. The molecule has 0 N–H and O–H groups in total. The van der Waals surface area contributed by atoms with E-state index in [1.54, 1.807) is 35.0 Å². The number of aromatic nitrogens is 2. The molecule has 3 rings (SSSR count). The number of benzene rings is 1. The zero-order chi connectivity index (χ0) is 15.0. The fraction of sp³-hybridized carbons (Fsp3) is 0.0667. The van der Waals surface area contributed by atoms with Gasteiger partial charge in [-0.1, -0.05) is 12.1 Å². The first-order valence-electron chi connectivity index (χ1n) is 6.09. The van der Waals surface area contributed by atoms with Crippen LogP contribution in [0.5, 0.6) is 0 Å². The summed E-state index contributed by atoms with van der Waals surface area (Å²) in [6, 6.07) is 8.26. The zero-order valence-corrected chi connectivity index (χ0v) is 10.6. The number of imidazole rings is 1. The van der Waals surface area contributed by atoms with E-state index in [9.17, 15) is 18.0 Å². The van der Waals surface area contributed by atoms with Crippen LogP contribution in [-0.2, 0) is 6.18 Å². The van der Waals surface area contributed by atoms with Gasteiger partial charge in [0.25, 0.3) is 0 Å². The van der Waals surface area contributed by atoms with Gasteiger partial charge in [-0.3, -0.25) is 9.20 Å². The quantitative estimate of drug-likeness (QED) is 0.672. The lowest BCUT2D eigenvalue weighted by Crippen LogP contribution is -2.04. The number of rotatable bonds is 2. The summed E-state index contributed by atoms with van der Waals surface area (Å²) >= 11 is 0. The Hall–Kier alpha value is -2.63. The lowest BCUT2D eigenvalue weighted by atomic mass is 10.1. The van der Waals surface area contributed by atoms with Crippen molar-refractivity contribution in [1.82, 2.24) is 9.38 Å². The summed E-state index contributed by atoms with van der Waals surface area (Å²) in [6.45, 7) is 0. The predicted octanol–water partition coefficient (Wildman–Crippen LogP) is 3.83. The van der Waals surface area contributed by atoms with Crippen LogP contribution in [0.3, 0.4) is 0 Å². The molecule has 0 aliphatic heterocycles. The average Bonchev–Trinajstić information content (AvgIpc) is 2.89. The van der Waals surface area contributed by atoms with Gasteiger partial charge in [-0.25, -0.2) is 4.98 Å². The Morgan fingerprint density at radius 2 is 1.95 bits per heavy atom. The monoisotopic (exact) mass is 290 g/mol. The van der Waals surface area contributed by atoms with Crippen molar-refractivity contribution in [3.63, 3.8) is 0 Å². The lowest BCUT2D eigenvalue weighted by Gasteiger charge is -2.08. The van der Waals surface area contributed by atoms with E-state index in [1.165, 1.54) is 6.07 Å². The van der Waals surface area contributed by atoms with Crippen LogP contribution < -0.4 is 0 Å². The van der Waals surface area contributed by atoms with Crippen LogP contribution in [-0.4, -0.2) is 15.7 Å². The molecule has 21 heavy (non-hydrogen) atoms. The molecule has 0 amide bonds. The van der Waals surface area contributed by atoms with E-state index in [1.807, 2.05) is 0 Å². The van der Waals surface area contributed by atoms with Crippen LogP contribution in [0.4, 0.5) is 13.2 Å². The van der Waals surface area contributed by atoms with Crippen LogP contribution in [0, 0.1) is 0 Å². The standard InChI is InChI=1S/C15H9F3N2O/c16-15(17,18)12-3-1-2-11(6-12)14-19-7-13-5-4-10(9-21)8-20(13)14/h1-9H. The summed E-state index contributed by atoms with van der Waals surface area (Å²) in [5.74, 6) is 0.361. The minimum absolute atomic E-state index is 0.341. The van der Waals surface area contributed by atoms with Gasteiger partial charge in [0.2, 0.25) is 0 Å². The fourth-order valence-corrected chi connectivity index (χ4v) is 2.12. The van der Waals surface area contributed by atoms with Gasteiger partial charge < -0.3 is 0 Å². The van der Waals surface area contributed by atoms with Crippen molar-refractivity contribution in [3.8, 4) is 11.4 Å².